The molecule has 1 aliphatic heterocycles. The molecule has 3 aliphatic rings. The van der Waals surface area contributed by atoms with Crippen molar-refractivity contribution in [1.29, 1.82) is 0 Å². The first-order valence-corrected chi connectivity index (χ1v) is 10.0. The summed E-state index contributed by atoms with van der Waals surface area (Å²) in [6, 6.07) is 0. The van der Waals surface area contributed by atoms with Crippen LogP contribution < -0.4 is 0 Å². The van der Waals surface area contributed by atoms with Gasteiger partial charge in [0.25, 0.3) is 0 Å². The zero-order valence-electron chi connectivity index (χ0n) is 15.7. The quantitative estimate of drug-likeness (QED) is 0.815. The molecule has 0 aromatic carbocycles. The fourth-order valence-corrected chi connectivity index (χ4v) is 4.88. The van der Waals surface area contributed by atoms with Crippen LogP contribution in [0.3, 0.4) is 0 Å². The van der Waals surface area contributed by atoms with E-state index in [1.165, 1.54) is 32.1 Å². The molecular formula is C19H25N5O3. The van der Waals surface area contributed by atoms with Crippen LogP contribution >= 0.6 is 0 Å². The van der Waals surface area contributed by atoms with Gasteiger partial charge in [-0.25, -0.2) is 4.63 Å². The lowest BCUT2D eigenvalue weighted by Crippen LogP contribution is -2.41. The van der Waals surface area contributed by atoms with Crippen molar-refractivity contribution in [2.24, 2.45) is 5.41 Å². The average Bonchev–Trinajstić information content (AvgIpc) is 3.23. The number of aryl methyl sites for hydroxylation is 1. The summed E-state index contributed by atoms with van der Waals surface area (Å²) in [4.78, 5) is 19.1. The minimum absolute atomic E-state index is 0.0707. The highest BCUT2D eigenvalue weighted by atomic mass is 16.6. The van der Waals surface area contributed by atoms with Crippen molar-refractivity contribution in [3.05, 3.63) is 23.1 Å². The van der Waals surface area contributed by atoms with E-state index in [-0.39, 0.29) is 18.2 Å². The molecule has 1 amide bonds. The van der Waals surface area contributed by atoms with Crippen molar-refractivity contribution < 1.29 is 13.9 Å². The Labute approximate surface area is 157 Å². The first kappa shape index (κ1) is 16.9. The van der Waals surface area contributed by atoms with Gasteiger partial charge in [0, 0.05) is 24.9 Å². The van der Waals surface area contributed by atoms with Crippen LogP contribution in [0, 0.1) is 12.3 Å². The predicted molar refractivity (Wildman–Crippen MR) is 93.9 cm³/mol. The zero-order chi connectivity index (χ0) is 18.4. The topological polar surface area (TPSA) is 98.2 Å². The largest absolute Gasteiger partial charge is 0.342 e. The van der Waals surface area contributed by atoms with E-state index in [0.717, 1.165) is 24.6 Å². The minimum atomic E-state index is 0.0707. The Kier molecular flexibility index (Phi) is 4.02. The lowest BCUT2D eigenvalue weighted by molar-refractivity contribution is -0.131. The third-order valence-electron chi connectivity index (χ3n) is 6.86. The minimum Gasteiger partial charge on any atom is -0.342 e. The molecular weight excluding hydrogens is 346 g/mol. The Morgan fingerprint density at radius 3 is 2.56 bits per heavy atom. The highest BCUT2D eigenvalue weighted by Crippen LogP contribution is 2.61. The molecule has 0 atom stereocenters. The molecule has 0 bridgehead atoms. The normalized spacial score (nSPS) is 22.6. The smallest absolute Gasteiger partial charge is 0.229 e. The second-order valence-corrected chi connectivity index (χ2v) is 8.58. The Morgan fingerprint density at radius 1 is 1.15 bits per heavy atom. The van der Waals surface area contributed by atoms with Crippen LogP contribution in [0.15, 0.2) is 9.15 Å². The first-order valence-electron chi connectivity index (χ1n) is 10.0. The van der Waals surface area contributed by atoms with E-state index in [1.54, 1.807) is 6.92 Å². The number of hydrogen-bond acceptors (Lipinski definition) is 7. The Bertz CT molecular complexity index is 824. The van der Waals surface area contributed by atoms with Gasteiger partial charge in [-0.2, -0.15) is 4.98 Å². The Morgan fingerprint density at radius 2 is 1.93 bits per heavy atom. The summed E-state index contributed by atoms with van der Waals surface area (Å²) < 4.78 is 10.2. The molecule has 3 heterocycles. The molecule has 1 spiro atoms. The van der Waals surface area contributed by atoms with Crippen molar-refractivity contribution in [3.8, 4) is 0 Å². The lowest BCUT2D eigenvalue weighted by Gasteiger charge is -2.53. The van der Waals surface area contributed by atoms with E-state index < -0.39 is 0 Å². The van der Waals surface area contributed by atoms with Crippen LogP contribution in [-0.2, 0) is 11.2 Å². The third-order valence-corrected chi connectivity index (χ3v) is 6.86. The fourth-order valence-electron chi connectivity index (χ4n) is 4.88. The number of amides is 1. The van der Waals surface area contributed by atoms with Crippen LogP contribution in [0.5, 0.6) is 0 Å². The van der Waals surface area contributed by atoms with Crippen molar-refractivity contribution in [3.63, 3.8) is 0 Å². The van der Waals surface area contributed by atoms with Gasteiger partial charge in [0.2, 0.25) is 11.8 Å². The van der Waals surface area contributed by atoms with Gasteiger partial charge in [0.1, 0.15) is 11.4 Å². The summed E-state index contributed by atoms with van der Waals surface area (Å²) in [5.74, 6) is 2.46. The molecule has 8 nitrogen and oxygen atoms in total. The molecule has 0 radical (unpaired) electrons. The number of piperidine rings is 1. The van der Waals surface area contributed by atoms with Crippen molar-refractivity contribution in [2.45, 2.75) is 70.1 Å². The standard InChI is InChI=1S/C19H25N5O3/c1-12-15(22-27-21-12)9-16(25)24-7-3-13(4-8-24)17-20-18(26-23-17)14-10-19(11-14)5-2-6-19/h13-14H,2-11H2,1H3. The zero-order valence-corrected chi connectivity index (χ0v) is 15.7. The average molecular weight is 371 g/mol. The van der Waals surface area contributed by atoms with Crippen LogP contribution in [-0.4, -0.2) is 44.4 Å². The molecule has 5 rings (SSSR count). The van der Waals surface area contributed by atoms with Crippen molar-refractivity contribution in [2.75, 3.05) is 13.1 Å². The summed E-state index contributed by atoms with van der Waals surface area (Å²) in [7, 11) is 0. The first-order chi connectivity index (χ1) is 13.1. The number of carbonyl (C=O) groups is 1. The number of aromatic nitrogens is 4. The van der Waals surface area contributed by atoms with Crippen LogP contribution in [0.25, 0.3) is 0 Å². The van der Waals surface area contributed by atoms with Gasteiger partial charge in [-0.1, -0.05) is 21.9 Å². The van der Waals surface area contributed by atoms with E-state index in [1.807, 2.05) is 4.90 Å². The molecule has 0 N–H and O–H groups in total. The van der Waals surface area contributed by atoms with Gasteiger partial charge in [-0.05, 0) is 50.9 Å². The van der Waals surface area contributed by atoms with E-state index in [9.17, 15) is 4.79 Å². The van der Waals surface area contributed by atoms with Crippen LogP contribution in [0.1, 0.15) is 79.9 Å². The van der Waals surface area contributed by atoms with E-state index in [4.69, 9.17) is 9.51 Å². The number of likely N-dealkylation sites (tertiary alicyclic amines) is 1. The van der Waals surface area contributed by atoms with Crippen LogP contribution in [0.2, 0.25) is 0 Å². The summed E-state index contributed by atoms with van der Waals surface area (Å²) >= 11 is 0. The highest BCUT2D eigenvalue weighted by molar-refractivity contribution is 5.78. The summed E-state index contributed by atoms with van der Waals surface area (Å²) in [6.07, 6.45) is 8.56. The van der Waals surface area contributed by atoms with Gasteiger partial charge in [-0.3, -0.25) is 4.79 Å². The number of rotatable bonds is 4. The monoisotopic (exact) mass is 371 g/mol. The summed E-state index contributed by atoms with van der Waals surface area (Å²) in [5, 5.41) is 11.8. The molecule has 2 aliphatic carbocycles. The van der Waals surface area contributed by atoms with Gasteiger partial charge >= 0.3 is 0 Å². The van der Waals surface area contributed by atoms with E-state index >= 15 is 0 Å². The number of carbonyl (C=O) groups excluding carboxylic acids is 1. The Balaban J connectivity index is 1.14. The van der Waals surface area contributed by atoms with E-state index in [2.05, 4.69) is 20.1 Å². The van der Waals surface area contributed by atoms with Gasteiger partial charge in [0.15, 0.2) is 5.82 Å². The van der Waals surface area contributed by atoms with Gasteiger partial charge in [0.05, 0.1) is 6.42 Å². The van der Waals surface area contributed by atoms with Gasteiger partial charge in [-0.15, -0.1) is 0 Å². The second-order valence-electron chi connectivity index (χ2n) is 8.58. The predicted octanol–water partition coefficient (Wildman–Crippen LogP) is 2.76. The number of nitrogens with zero attached hydrogens (tertiary/aromatic N) is 5. The molecule has 1 saturated heterocycles. The Hall–Kier alpha value is -2.25. The molecule has 27 heavy (non-hydrogen) atoms. The number of hydrogen-bond donors (Lipinski definition) is 0. The SMILES string of the molecule is Cc1nonc1CC(=O)N1CCC(c2noc(C3CC4(CCC4)C3)n2)CC1. The van der Waals surface area contributed by atoms with Crippen molar-refractivity contribution in [1.82, 2.24) is 25.4 Å². The molecule has 3 fully saturated rings. The molecule has 8 heteroatoms. The molecule has 2 aromatic heterocycles. The fraction of sp³-hybridized carbons (Fsp3) is 0.737. The summed E-state index contributed by atoms with van der Waals surface area (Å²) in [6.45, 7) is 3.22. The molecule has 0 unspecified atom stereocenters. The van der Waals surface area contributed by atoms with Crippen molar-refractivity contribution >= 4 is 5.91 Å². The molecule has 144 valence electrons. The maximum Gasteiger partial charge on any atom is 0.229 e. The second kappa shape index (κ2) is 6.42. The van der Waals surface area contributed by atoms with Crippen LogP contribution in [0.4, 0.5) is 0 Å². The van der Waals surface area contributed by atoms with Gasteiger partial charge < -0.3 is 9.42 Å². The molecule has 2 saturated carbocycles. The third kappa shape index (κ3) is 3.04. The maximum atomic E-state index is 12.5. The molecule has 2 aromatic rings. The highest BCUT2D eigenvalue weighted by Gasteiger charge is 2.50. The van der Waals surface area contributed by atoms with E-state index in [0.29, 0.717) is 35.8 Å². The lowest BCUT2D eigenvalue weighted by atomic mass is 9.52. The maximum absolute atomic E-state index is 12.5. The summed E-state index contributed by atoms with van der Waals surface area (Å²) in [5.41, 5.74) is 1.91.